The molecule has 1 atom stereocenters. The zero-order valence-corrected chi connectivity index (χ0v) is 14.8. The van der Waals surface area contributed by atoms with Crippen molar-refractivity contribution >= 4 is 31.7 Å². The number of ether oxygens (including phenoxy) is 2. The molecule has 0 aliphatic carbocycles. The van der Waals surface area contributed by atoms with Crippen LogP contribution in [-0.2, 0) is 9.84 Å². The zero-order valence-electron chi connectivity index (χ0n) is 12.4. The van der Waals surface area contributed by atoms with Crippen LogP contribution >= 0.6 is 15.9 Å². The van der Waals surface area contributed by atoms with Gasteiger partial charge in [0.2, 0.25) is 0 Å². The van der Waals surface area contributed by atoms with Gasteiger partial charge in [-0.1, -0.05) is 0 Å². The largest absolute Gasteiger partial charge is 0.493 e. The fourth-order valence-electron chi connectivity index (χ4n) is 2.31. The summed E-state index contributed by atoms with van der Waals surface area (Å²) in [6.45, 7) is 2.33. The average molecular weight is 392 g/mol. The van der Waals surface area contributed by atoms with Crippen molar-refractivity contribution < 1.29 is 22.7 Å². The van der Waals surface area contributed by atoms with E-state index in [2.05, 4.69) is 21.2 Å². The number of benzene rings is 1. The molecule has 8 heteroatoms. The van der Waals surface area contributed by atoms with Crippen LogP contribution in [0.3, 0.4) is 0 Å². The number of carbonyl (C=O) groups is 1. The predicted molar refractivity (Wildman–Crippen MR) is 86.4 cm³/mol. The predicted octanol–water partition coefficient (Wildman–Crippen LogP) is 1.77. The van der Waals surface area contributed by atoms with E-state index in [1.165, 1.54) is 7.11 Å². The fraction of sp³-hybridized carbons (Fsp3) is 0.500. The first-order valence-electron chi connectivity index (χ1n) is 6.88. The molecule has 1 aliphatic rings. The number of nitrogens with one attached hydrogen (secondary N) is 1. The molecular formula is C14H18BrNO5S. The summed E-state index contributed by atoms with van der Waals surface area (Å²) in [4.78, 5) is 12.3. The van der Waals surface area contributed by atoms with Gasteiger partial charge in [-0.3, -0.25) is 4.79 Å². The molecule has 1 heterocycles. The van der Waals surface area contributed by atoms with E-state index in [1.54, 1.807) is 12.1 Å². The van der Waals surface area contributed by atoms with Crippen molar-refractivity contribution in [3.05, 3.63) is 22.2 Å². The Morgan fingerprint density at radius 3 is 2.73 bits per heavy atom. The molecule has 122 valence electrons. The molecular weight excluding hydrogens is 374 g/mol. The highest BCUT2D eigenvalue weighted by Crippen LogP contribution is 2.36. The summed E-state index contributed by atoms with van der Waals surface area (Å²) < 4.78 is 34.2. The Kier molecular flexibility index (Phi) is 5.33. The molecule has 0 bridgehead atoms. The van der Waals surface area contributed by atoms with Crippen LogP contribution in [0.4, 0.5) is 0 Å². The molecule has 0 unspecified atom stereocenters. The summed E-state index contributed by atoms with van der Waals surface area (Å²) in [5.74, 6) is 0.761. The molecule has 1 aromatic carbocycles. The minimum Gasteiger partial charge on any atom is -0.493 e. The number of rotatable bonds is 5. The van der Waals surface area contributed by atoms with Crippen molar-refractivity contribution in [1.29, 1.82) is 0 Å². The standard InChI is InChI=1S/C14H18BrNO5S/c1-3-21-13-11(15)6-9(7-12(13)20-2)14(17)16-10-4-5-22(18,19)8-10/h6-7,10H,3-5,8H2,1-2H3,(H,16,17)/t10-/m1/s1. The Labute approximate surface area is 138 Å². The Balaban J connectivity index is 2.18. The molecule has 6 nitrogen and oxygen atoms in total. The van der Waals surface area contributed by atoms with Gasteiger partial charge in [-0.05, 0) is 41.4 Å². The minimum atomic E-state index is -3.03. The lowest BCUT2D eigenvalue weighted by atomic mass is 10.1. The lowest BCUT2D eigenvalue weighted by Crippen LogP contribution is -2.35. The topological polar surface area (TPSA) is 81.7 Å². The van der Waals surface area contributed by atoms with Crippen molar-refractivity contribution in [1.82, 2.24) is 5.32 Å². The highest BCUT2D eigenvalue weighted by atomic mass is 79.9. The highest BCUT2D eigenvalue weighted by molar-refractivity contribution is 9.10. The maximum absolute atomic E-state index is 12.3. The lowest BCUT2D eigenvalue weighted by Gasteiger charge is -2.15. The first kappa shape index (κ1) is 17.1. The van der Waals surface area contributed by atoms with Gasteiger partial charge in [0, 0.05) is 11.6 Å². The Morgan fingerprint density at radius 2 is 2.18 bits per heavy atom. The van der Waals surface area contributed by atoms with Crippen molar-refractivity contribution in [2.75, 3.05) is 25.2 Å². The van der Waals surface area contributed by atoms with Gasteiger partial charge in [0.05, 0.1) is 29.7 Å². The van der Waals surface area contributed by atoms with Crippen molar-refractivity contribution in [2.24, 2.45) is 0 Å². The number of halogens is 1. The number of hydrogen-bond donors (Lipinski definition) is 1. The lowest BCUT2D eigenvalue weighted by molar-refractivity contribution is 0.0940. The molecule has 1 aliphatic heterocycles. The average Bonchev–Trinajstić information content (AvgIpc) is 2.79. The molecule has 1 N–H and O–H groups in total. The third-order valence-electron chi connectivity index (χ3n) is 3.35. The highest BCUT2D eigenvalue weighted by Gasteiger charge is 2.29. The van der Waals surface area contributed by atoms with Gasteiger partial charge in [0.1, 0.15) is 0 Å². The van der Waals surface area contributed by atoms with E-state index in [-0.39, 0.29) is 23.5 Å². The number of sulfone groups is 1. The Morgan fingerprint density at radius 1 is 1.45 bits per heavy atom. The van der Waals surface area contributed by atoms with Crippen LogP contribution < -0.4 is 14.8 Å². The van der Waals surface area contributed by atoms with Gasteiger partial charge in [-0.2, -0.15) is 0 Å². The molecule has 1 saturated heterocycles. The van der Waals surface area contributed by atoms with E-state index >= 15 is 0 Å². The van der Waals surface area contributed by atoms with Crippen molar-refractivity contribution in [2.45, 2.75) is 19.4 Å². The van der Waals surface area contributed by atoms with Gasteiger partial charge in [-0.15, -0.1) is 0 Å². The molecule has 1 aromatic rings. The van der Waals surface area contributed by atoms with Crippen LogP contribution in [0, 0.1) is 0 Å². The minimum absolute atomic E-state index is 0.00588. The fourth-order valence-corrected chi connectivity index (χ4v) is 4.54. The summed E-state index contributed by atoms with van der Waals surface area (Å²) in [6.07, 6.45) is 0.448. The van der Waals surface area contributed by atoms with Gasteiger partial charge < -0.3 is 14.8 Å². The second-order valence-electron chi connectivity index (χ2n) is 5.00. The van der Waals surface area contributed by atoms with Gasteiger partial charge >= 0.3 is 0 Å². The van der Waals surface area contributed by atoms with Crippen LogP contribution in [0.2, 0.25) is 0 Å². The van der Waals surface area contributed by atoms with E-state index in [0.29, 0.717) is 34.6 Å². The normalized spacial score (nSPS) is 19.7. The van der Waals surface area contributed by atoms with E-state index in [4.69, 9.17) is 9.47 Å². The zero-order chi connectivity index (χ0) is 16.3. The monoisotopic (exact) mass is 391 g/mol. The first-order valence-corrected chi connectivity index (χ1v) is 9.49. The third kappa shape index (κ3) is 3.92. The van der Waals surface area contributed by atoms with Crippen LogP contribution in [-0.4, -0.2) is 45.6 Å². The van der Waals surface area contributed by atoms with Crippen LogP contribution in [0.25, 0.3) is 0 Å². The molecule has 0 aromatic heterocycles. The Hall–Kier alpha value is -1.28. The maximum Gasteiger partial charge on any atom is 0.251 e. The van der Waals surface area contributed by atoms with Crippen LogP contribution in [0.1, 0.15) is 23.7 Å². The maximum atomic E-state index is 12.3. The van der Waals surface area contributed by atoms with Gasteiger partial charge in [-0.25, -0.2) is 8.42 Å². The van der Waals surface area contributed by atoms with E-state index in [1.807, 2.05) is 6.92 Å². The van der Waals surface area contributed by atoms with E-state index < -0.39 is 9.84 Å². The summed E-state index contributed by atoms with van der Waals surface area (Å²) >= 11 is 3.36. The molecule has 0 spiro atoms. The van der Waals surface area contributed by atoms with E-state index in [9.17, 15) is 13.2 Å². The summed E-state index contributed by atoms with van der Waals surface area (Å²) in [5, 5.41) is 2.75. The van der Waals surface area contributed by atoms with Crippen LogP contribution in [0.15, 0.2) is 16.6 Å². The van der Waals surface area contributed by atoms with Crippen molar-refractivity contribution in [3.8, 4) is 11.5 Å². The summed E-state index contributed by atoms with van der Waals surface area (Å²) in [6, 6.07) is 2.87. The second-order valence-corrected chi connectivity index (χ2v) is 8.08. The molecule has 1 fully saturated rings. The first-order chi connectivity index (χ1) is 10.4. The number of methoxy groups -OCH3 is 1. The van der Waals surface area contributed by atoms with Gasteiger partial charge in [0.25, 0.3) is 5.91 Å². The molecule has 2 rings (SSSR count). The third-order valence-corrected chi connectivity index (χ3v) is 5.70. The number of hydrogen-bond acceptors (Lipinski definition) is 5. The Bertz CT molecular complexity index is 674. The van der Waals surface area contributed by atoms with Gasteiger partial charge in [0.15, 0.2) is 21.3 Å². The SMILES string of the molecule is CCOc1c(Br)cc(C(=O)N[C@@H]2CCS(=O)(=O)C2)cc1OC. The molecule has 1 amide bonds. The smallest absolute Gasteiger partial charge is 0.251 e. The number of carbonyl (C=O) groups excluding carboxylic acids is 1. The summed E-state index contributed by atoms with van der Waals surface area (Å²) in [7, 11) is -1.53. The van der Waals surface area contributed by atoms with Crippen molar-refractivity contribution in [3.63, 3.8) is 0 Å². The van der Waals surface area contributed by atoms with Crippen LogP contribution in [0.5, 0.6) is 11.5 Å². The summed E-state index contributed by atoms with van der Waals surface area (Å²) in [5.41, 5.74) is 0.386. The molecule has 0 saturated carbocycles. The number of amides is 1. The molecule has 22 heavy (non-hydrogen) atoms. The van der Waals surface area contributed by atoms with E-state index in [0.717, 1.165) is 0 Å². The molecule has 0 radical (unpaired) electrons. The second kappa shape index (κ2) is 6.87. The quantitative estimate of drug-likeness (QED) is 0.826.